The topological polar surface area (TPSA) is 74.3 Å². The average Bonchev–Trinajstić information content (AvgIpc) is 3.31. The minimum Gasteiger partial charge on any atom is -0.465 e. The first-order chi connectivity index (χ1) is 16.4. The van der Waals surface area contributed by atoms with Gasteiger partial charge in [0.2, 0.25) is 6.79 Å². The molecular weight excluding hydrogens is 434 g/mol. The Hall–Kier alpha value is -3.74. The molecule has 2 aromatic carbocycles. The monoisotopic (exact) mass is 463 g/mol. The summed E-state index contributed by atoms with van der Waals surface area (Å²) in [6.45, 7) is 10.2. The molecule has 7 heteroatoms. The molecule has 0 amide bonds. The van der Waals surface area contributed by atoms with Crippen LogP contribution in [-0.2, 0) is 24.5 Å². The third kappa shape index (κ3) is 3.52. The number of benzene rings is 2. The molecule has 7 nitrogen and oxygen atoms in total. The lowest BCUT2D eigenvalue weighted by molar-refractivity contribution is -0.150. The second kappa shape index (κ2) is 9.25. The largest absolute Gasteiger partial charge is 0.465 e. The van der Waals surface area contributed by atoms with Crippen LogP contribution in [0.1, 0.15) is 37.8 Å². The number of fused-ring (bicyclic) bond motifs is 1. The molecule has 0 fully saturated rings. The van der Waals surface area contributed by atoms with E-state index in [1.54, 1.807) is 37.9 Å². The Balaban J connectivity index is 2.09. The minimum absolute atomic E-state index is 0.0985. The lowest BCUT2D eigenvalue weighted by Crippen LogP contribution is -2.53. The number of carbonyl (C=O) groups is 2. The summed E-state index contributed by atoms with van der Waals surface area (Å²) >= 11 is 0. The number of hydrogen-bond donors (Lipinski definition) is 0. The van der Waals surface area contributed by atoms with E-state index < -0.39 is 23.3 Å². The van der Waals surface area contributed by atoms with Crippen molar-refractivity contribution in [3.05, 3.63) is 83.2 Å². The van der Waals surface area contributed by atoms with E-state index in [0.29, 0.717) is 34.0 Å². The highest BCUT2D eigenvalue weighted by molar-refractivity contribution is 5.98. The average molecular weight is 464 g/mol. The molecule has 4 rings (SSSR count). The third-order valence-corrected chi connectivity index (χ3v) is 6.53. The van der Waals surface area contributed by atoms with Crippen molar-refractivity contribution >= 4 is 11.9 Å². The van der Waals surface area contributed by atoms with Crippen molar-refractivity contribution < 1.29 is 28.5 Å². The molecule has 0 spiro atoms. The summed E-state index contributed by atoms with van der Waals surface area (Å²) in [7, 11) is 1.79. The molecule has 2 aromatic rings. The molecule has 34 heavy (non-hydrogen) atoms. The number of nitrogens with zero attached hydrogens (tertiary/aromatic N) is 1. The SMILES string of the molecule is C=C1N(C)C(C)=C(C(=O)OCC)[C@H](c2ccccc2)[C@@]1(C(=O)OCC)c1ccc2c(c1)OCO2. The van der Waals surface area contributed by atoms with Crippen molar-refractivity contribution in [2.24, 2.45) is 0 Å². The lowest BCUT2D eigenvalue weighted by atomic mass is 9.60. The fraction of sp³-hybridized carbons (Fsp3) is 0.333. The summed E-state index contributed by atoms with van der Waals surface area (Å²) in [5.41, 5.74) is 1.45. The minimum atomic E-state index is -1.45. The van der Waals surface area contributed by atoms with E-state index in [-0.39, 0.29) is 20.0 Å². The van der Waals surface area contributed by atoms with Crippen LogP contribution in [-0.4, -0.2) is 43.9 Å². The van der Waals surface area contributed by atoms with Crippen molar-refractivity contribution in [1.29, 1.82) is 0 Å². The molecule has 0 aliphatic carbocycles. The summed E-state index contributed by atoms with van der Waals surface area (Å²) in [6, 6.07) is 14.8. The molecule has 0 saturated heterocycles. The number of rotatable bonds is 6. The fourth-order valence-corrected chi connectivity index (χ4v) is 4.85. The van der Waals surface area contributed by atoms with Crippen LogP contribution in [0.15, 0.2) is 72.1 Å². The number of likely N-dealkylation sites (N-methyl/N-ethyl adjacent to an activating group) is 1. The van der Waals surface area contributed by atoms with E-state index >= 15 is 0 Å². The van der Waals surface area contributed by atoms with Crippen LogP contribution in [0, 0.1) is 0 Å². The highest BCUT2D eigenvalue weighted by atomic mass is 16.7. The Kier molecular flexibility index (Phi) is 6.37. The van der Waals surface area contributed by atoms with Gasteiger partial charge in [0.25, 0.3) is 0 Å². The highest BCUT2D eigenvalue weighted by Crippen LogP contribution is 2.55. The van der Waals surface area contributed by atoms with Gasteiger partial charge in [-0.25, -0.2) is 4.79 Å². The second-order valence-corrected chi connectivity index (χ2v) is 8.17. The predicted octanol–water partition coefficient (Wildman–Crippen LogP) is 4.30. The Morgan fingerprint density at radius 3 is 2.41 bits per heavy atom. The molecule has 2 aliphatic rings. The summed E-state index contributed by atoms with van der Waals surface area (Å²) in [5, 5.41) is 0. The first kappa shape index (κ1) is 23.4. The van der Waals surface area contributed by atoms with Crippen LogP contribution in [0.3, 0.4) is 0 Å². The zero-order chi connectivity index (χ0) is 24.5. The van der Waals surface area contributed by atoms with Gasteiger partial charge in [-0.3, -0.25) is 4.79 Å². The standard InChI is InChI=1S/C27H29NO6/c1-6-31-25(29)23-17(3)28(5)18(4)27(26(30)32-7-2,24(23)19-11-9-8-10-12-19)20-13-14-21-22(15-20)34-16-33-21/h8-15,24H,4,6-7,16H2,1-3,5H3/t24-,27-/m0/s1. The van der Waals surface area contributed by atoms with Crippen LogP contribution in [0.5, 0.6) is 11.5 Å². The van der Waals surface area contributed by atoms with Crippen LogP contribution >= 0.6 is 0 Å². The summed E-state index contributed by atoms with van der Waals surface area (Å²) < 4.78 is 22.3. The van der Waals surface area contributed by atoms with Crippen LogP contribution < -0.4 is 9.47 Å². The summed E-state index contributed by atoms with van der Waals surface area (Å²) in [5.74, 6) is -0.620. The smallest absolute Gasteiger partial charge is 0.336 e. The Morgan fingerprint density at radius 1 is 1.06 bits per heavy atom. The molecule has 0 unspecified atom stereocenters. The van der Waals surface area contributed by atoms with Gasteiger partial charge in [-0.15, -0.1) is 0 Å². The molecule has 2 atom stereocenters. The normalized spacial score (nSPS) is 21.5. The highest BCUT2D eigenvalue weighted by Gasteiger charge is 2.58. The predicted molar refractivity (Wildman–Crippen MR) is 126 cm³/mol. The van der Waals surface area contributed by atoms with E-state index in [4.69, 9.17) is 18.9 Å². The molecule has 0 N–H and O–H groups in total. The van der Waals surface area contributed by atoms with Gasteiger partial charge in [0.05, 0.1) is 18.8 Å². The van der Waals surface area contributed by atoms with Gasteiger partial charge in [-0.05, 0) is 44.0 Å². The molecule has 0 bridgehead atoms. The number of ether oxygens (including phenoxy) is 4. The fourth-order valence-electron chi connectivity index (χ4n) is 4.85. The van der Waals surface area contributed by atoms with Gasteiger partial charge < -0.3 is 23.8 Å². The van der Waals surface area contributed by atoms with Crippen molar-refractivity contribution in [3.8, 4) is 11.5 Å². The Morgan fingerprint density at radius 2 is 1.74 bits per heavy atom. The molecule has 2 aliphatic heterocycles. The summed E-state index contributed by atoms with van der Waals surface area (Å²) in [6.07, 6.45) is 0. The molecule has 0 saturated carbocycles. The van der Waals surface area contributed by atoms with Gasteiger partial charge in [0, 0.05) is 24.4 Å². The van der Waals surface area contributed by atoms with E-state index in [0.717, 1.165) is 5.56 Å². The lowest BCUT2D eigenvalue weighted by Gasteiger charge is -2.48. The number of allylic oxidation sites excluding steroid dienone is 1. The molecular formula is C27H29NO6. The number of esters is 2. The van der Waals surface area contributed by atoms with Crippen molar-refractivity contribution in [3.63, 3.8) is 0 Å². The Bertz CT molecular complexity index is 1150. The van der Waals surface area contributed by atoms with E-state index in [1.807, 2.05) is 43.3 Å². The van der Waals surface area contributed by atoms with Crippen LogP contribution in [0.2, 0.25) is 0 Å². The van der Waals surface area contributed by atoms with E-state index in [2.05, 4.69) is 6.58 Å². The van der Waals surface area contributed by atoms with Gasteiger partial charge in [-0.1, -0.05) is 43.0 Å². The molecule has 0 radical (unpaired) electrons. The maximum Gasteiger partial charge on any atom is 0.336 e. The third-order valence-electron chi connectivity index (χ3n) is 6.53. The van der Waals surface area contributed by atoms with Gasteiger partial charge in [0.1, 0.15) is 5.41 Å². The maximum absolute atomic E-state index is 14.0. The van der Waals surface area contributed by atoms with Crippen molar-refractivity contribution in [2.75, 3.05) is 27.1 Å². The zero-order valence-electron chi connectivity index (χ0n) is 19.9. The molecule has 2 heterocycles. The second-order valence-electron chi connectivity index (χ2n) is 8.17. The van der Waals surface area contributed by atoms with Gasteiger partial charge in [0.15, 0.2) is 11.5 Å². The van der Waals surface area contributed by atoms with Crippen LogP contribution in [0.4, 0.5) is 0 Å². The molecule has 0 aromatic heterocycles. The molecule has 178 valence electrons. The quantitative estimate of drug-likeness (QED) is 0.592. The van der Waals surface area contributed by atoms with Gasteiger partial charge in [-0.2, -0.15) is 0 Å². The number of hydrogen-bond acceptors (Lipinski definition) is 7. The van der Waals surface area contributed by atoms with Crippen LogP contribution in [0.25, 0.3) is 0 Å². The summed E-state index contributed by atoms with van der Waals surface area (Å²) in [4.78, 5) is 29.2. The van der Waals surface area contributed by atoms with E-state index in [1.165, 1.54) is 0 Å². The van der Waals surface area contributed by atoms with Crippen molar-refractivity contribution in [2.45, 2.75) is 32.1 Å². The zero-order valence-corrected chi connectivity index (χ0v) is 19.9. The first-order valence-corrected chi connectivity index (χ1v) is 11.3. The number of carbonyl (C=O) groups excluding carboxylic acids is 2. The maximum atomic E-state index is 14.0. The first-order valence-electron chi connectivity index (χ1n) is 11.3. The Labute approximate surface area is 199 Å². The van der Waals surface area contributed by atoms with Crippen molar-refractivity contribution in [1.82, 2.24) is 4.90 Å². The van der Waals surface area contributed by atoms with E-state index in [9.17, 15) is 9.59 Å². The van der Waals surface area contributed by atoms with Gasteiger partial charge >= 0.3 is 11.9 Å².